The molecule has 0 aliphatic carbocycles. The molecule has 3 aliphatic heterocycles. The summed E-state index contributed by atoms with van der Waals surface area (Å²) in [5.41, 5.74) is 7.08. The second-order valence-corrected chi connectivity index (χ2v) is 21.7. The lowest BCUT2D eigenvalue weighted by atomic mass is 10.0. The van der Waals surface area contributed by atoms with Crippen molar-refractivity contribution in [2.45, 2.75) is 179 Å². The minimum absolute atomic E-state index is 0.00286. The Morgan fingerprint density at radius 3 is 2.17 bits per heavy atom. The molecule has 7 heterocycles. The summed E-state index contributed by atoms with van der Waals surface area (Å²) in [6.07, 6.45) is 13.4. The van der Waals surface area contributed by atoms with Gasteiger partial charge >= 0.3 is 27.0 Å². The molecule has 28 nitrogen and oxygen atoms in total. The van der Waals surface area contributed by atoms with Crippen LogP contribution in [0.5, 0.6) is 0 Å². The number of carbonyl (C=O) groups is 1. The molecule has 1 amide bonds. The molecule has 4 aromatic rings. The Hall–Kier alpha value is -5.21. The number of unbranched alkanes of at least 4 members (excludes halogenated alkanes) is 12. The van der Waals surface area contributed by atoms with Crippen LogP contribution in [0.1, 0.15) is 147 Å². The lowest BCUT2D eigenvalue weighted by molar-refractivity contribution is -0.116. The van der Waals surface area contributed by atoms with Gasteiger partial charge < -0.3 is 34.3 Å². The Balaban J connectivity index is 0.940. The van der Waals surface area contributed by atoms with E-state index >= 15 is 0 Å². The van der Waals surface area contributed by atoms with E-state index in [2.05, 4.69) is 47.2 Å². The van der Waals surface area contributed by atoms with Crippen molar-refractivity contribution in [1.29, 1.82) is 0 Å². The third-order valence-corrected chi connectivity index (χ3v) is 15.2. The number of nitrogens with zero attached hydrogens (tertiary/aromatic N) is 9. The molecule has 3 aliphatic rings. The van der Waals surface area contributed by atoms with Crippen LogP contribution in [-0.2, 0) is 46.2 Å². The number of aromatic amines is 2. The maximum atomic E-state index is 13.5. The number of nitrogens with one attached hydrogen (secondary N) is 3. The fourth-order valence-electron chi connectivity index (χ4n) is 9.21. The maximum absolute atomic E-state index is 13.5. The van der Waals surface area contributed by atoms with Crippen molar-refractivity contribution in [2.75, 3.05) is 25.1 Å². The average molecular weight is 1090 g/mol. The first-order valence-corrected chi connectivity index (χ1v) is 28.4. The lowest BCUT2D eigenvalue weighted by Crippen LogP contribution is -2.33. The predicted octanol–water partition coefficient (Wildman–Crippen LogP) is 6.22. The van der Waals surface area contributed by atoms with E-state index in [-0.39, 0.29) is 47.7 Å². The molecule has 4 aromatic heterocycles. The van der Waals surface area contributed by atoms with Crippen molar-refractivity contribution >= 4 is 38.5 Å². The standard InChI is InChI=1S/C45H66N12O16P2/c1-3-4-5-6-7-8-9-10-11-12-13-14-15-16-36(58)50-35-19-20-55(44(61)51-35)39-22-32(73-75(65,66)67-24-30-17-18-37(70-30)57-28-49-40-41(57)47-27-48-43(40)60)34(72-39)26-69-74(63,64)68-25-33-31(53-54-46)21-38(71-33)56-23-29(2)42(59)52-45(56)62/h19-20,23,27-28,30-34,37-39H,3-18,21-22,24-26H2,1-2H3,(H,63,64)(H,65,66)(H,47,48,60)(H,52,59,62)(H,50,51,58,61). The van der Waals surface area contributed by atoms with Crippen LogP contribution in [0.25, 0.3) is 21.6 Å². The van der Waals surface area contributed by atoms with Crippen LogP contribution in [0, 0.1) is 6.92 Å². The van der Waals surface area contributed by atoms with Gasteiger partial charge in [0, 0.05) is 42.1 Å². The molecule has 0 bridgehead atoms. The van der Waals surface area contributed by atoms with Crippen LogP contribution in [0.4, 0.5) is 5.82 Å². The molecular formula is C45H66N12O16P2. The number of ether oxygens (including phenoxy) is 3. The molecule has 0 aromatic carbocycles. The minimum Gasteiger partial charge on any atom is -0.352 e. The SMILES string of the molecule is CCCCCCCCCCCCCCCC(=O)Nc1ccn(C2CC(OP(=O)(O)OCC3CCC(n4cnc5c(=O)[nH]cnc54)O3)C(COP(=O)(O)OCC3OC(n4cc(C)c(=O)[nH]c4=O)CC3N=[N+]=[N-])O2)c(=O)n1. The molecule has 0 radical (unpaired) electrons. The number of H-pyrrole nitrogens is 2. The molecule has 3 saturated heterocycles. The third-order valence-electron chi connectivity index (χ3n) is 13.2. The van der Waals surface area contributed by atoms with Gasteiger partial charge in [0.25, 0.3) is 11.1 Å². The van der Waals surface area contributed by atoms with Crippen molar-refractivity contribution < 1.29 is 56.0 Å². The first-order valence-electron chi connectivity index (χ1n) is 25.4. The van der Waals surface area contributed by atoms with E-state index < -0.39 is 107 Å². The predicted molar refractivity (Wildman–Crippen MR) is 267 cm³/mol. The van der Waals surface area contributed by atoms with Gasteiger partial charge in [0.2, 0.25) is 5.91 Å². The summed E-state index contributed by atoms with van der Waals surface area (Å²) < 4.78 is 69.9. The van der Waals surface area contributed by atoms with Crippen LogP contribution in [0.15, 0.2) is 55.4 Å². The molecular weight excluding hydrogens is 1030 g/mol. The first-order chi connectivity index (χ1) is 36.0. The summed E-state index contributed by atoms with van der Waals surface area (Å²) in [6, 6.07) is 0.394. The molecule has 10 unspecified atom stereocenters. The Labute approximate surface area is 429 Å². The van der Waals surface area contributed by atoms with Gasteiger partial charge in [-0.3, -0.25) is 51.2 Å². The third kappa shape index (κ3) is 16.4. The summed E-state index contributed by atoms with van der Waals surface area (Å²) in [6.45, 7) is 1.77. The topological polar surface area (TPSA) is 370 Å². The summed E-state index contributed by atoms with van der Waals surface area (Å²) >= 11 is 0. The van der Waals surface area contributed by atoms with Gasteiger partial charge in [-0.1, -0.05) is 89.1 Å². The second-order valence-electron chi connectivity index (χ2n) is 18.8. The van der Waals surface area contributed by atoms with Gasteiger partial charge in [0.15, 0.2) is 11.2 Å². The zero-order valence-electron chi connectivity index (χ0n) is 41.9. The van der Waals surface area contributed by atoms with Crippen LogP contribution < -0.4 is 27.8 Å². The number of amides is 1. The monoisotopic (exact) mass is 1090 g/mol. The number of imidazole rings is 1. The summed E-state index contributed by atoms with van der Waals surface area (Å²) in [7, 11) is -10.0. The van der Waals surface area contributed by atoms with E-state index in [0.29, 0.717) is 19.3 Å². The molecule has 5 N–H and O–H groups in total. The number of anilines is 1. The summed E-state index contributed by atoms with van der Waals surface area (Å²) in [5, 5.41) is 6.32. The number of hydrogen-bond donors (Lipinski definition) is 5. The van der Waals surface area contributed by atoms with E-state index in [0.717, 1.165) is 28.4 Å². The lowest BCUT2D eigenvalue weighted by Gasteiger charge is -2.23. The van der Waals surface area contributed by atoms with E-state index in [4.69, 9.17) is 32.3 Å². The normalized spacial score (nSPS) is 24.3. The number of rotatable bonds is 30. The highest BCUT2D eigenvalue weighted by Gasteiger charge is 2.45. The molecule has 0 spiro atoms. The molecule has 412 valence electrons. The van der Waals surface area contributed by atoms with E-state index in [1.807, 2.05) is 0 Å². The number of fused-ring (bicyclic) bond motifs is 1. The zero-order chi connectivity index (χ0) is 53.5. The van der Waals surface area contributed by atoms with Crippen molar-refractivity contribution in [3.8, 4) is 0 Å². The average Bonchev–Trinajstić information content (AvgIpc) is 4.20. The first kappa shape index (κ1) is 57.5. The quantitative estimate of drug-likeness (QED) is 0.0127. The van der Waals surface area contributed by atoms with Crippen molar-refractivity contribution in [3.63, 3.8) is 0 Å². The highest BCUT2D eigenvalue weighted by molar-refractivity contribution is 7.47. The Kier molecular flexibility index (Phi) is 20.9. The van der Waals surface area contributed by atoms with Crippen molar-refractivity contribution in [1.82, 2.24) is 38.6 Å². The number of phosphoric ester groups is 2. The molecule has 75 heavy (non-hydrogen) atoms. The summed E-state index contributed by atoms with van der Waals surface area (Å²) in [4.78, 5) is 104. The van der Waals surface area contributed by atoms with E-state index in [9.17, 15) is 48.4 Å². The Bertz CT molecular complexity index is 2940. The highest BCUT2D eigenvalue weighted by atomic mass is 31.2. The number of azide groups is 1. The number of phosphoric acid groups is 2. The number of aryl methyl sites for hydroxylation is 1. The maximum Gasteiger partial charge on any atom is 0.472 e. The van der Waals surface area contributed by atoms with Crippen LogP contribution in [0.2, 0.25) is 0 Å². The highest BCUT2D eigenvalue weighted by Crippen LogP contribution is 2.51. The van der Waals surface area contributed by atoms with Gasteiger partial charge in [0.05, 0.1) is 50.7 Å². The zero-order valence-corrected chi connectivity index (χ0v) is 43.7. The minimum atomic E-state index is -5.05. The smallest absolute Gasteiger partial charge is 0.352 e. The van der Waals surface area contributed by atoms with Crippen LogP contribution in [-0.4, -0.2) is 105 Å². The van der Waals surface area contributed by atoms with Crippen LogP contribution in [0.3, 0.4) is 0 Å². The molecule has 0 saturated carbocycles. The number of carbonyl (C=O) groups excluding carboxylic acids is 1. The molecule has 30 heteroatoms. The van der Waals surface area contributed by atoms with Gasteiger partial charge in [-0.25, -0.2) is 28.7 Å². The Morgan fingerprint density at radius 2 is 1.48 bits per heavy atom. The van der Waals surface area contributed by atoms with E-state index in [1.165, 1.54) is 95.8 Å². The molecule has 7 rings (SSSR count). The fourth-order valence-corrected chi connectivity index (χ4v) is 10.9. The van der Waals surface area contributed by atoms with E-state index in [1.54, 1.807) is 4.57 Å². The number of hydrogen-bond acceptors (Lipinski definition) is 18. The van der Waals surface area contributed by atoms with Gasteiger partial charge in [-0.15, -0.1) is 0 Å². The molecule has 10 atom stereocenters. The fraction of sp³-hybridized carbons (Fsp3) is 0.689. The van der Waals surface area contributed by atoms with Crippen molar-refractivity contribution in [3.05, 3.63) is 88.8 Å². The molecule has 3 fully saturated rings. The summed E-state index contributed by atoms with van der Waals surface area (Å²) in [5.74, 6) is -0.314. The van der Waals surface area contributed by atoms with Gasteiger partial charge in [0.1, 0.15) is 36.7 Å². The second kappa shape index (κ2) is 27.2. The Morgan fingerprint density at radius 1 is 0.827 bits per heavy atom. The van der Waals surface area contributed by atoms with Gasteiger partial charge in [-0.2, -0.15) is 4.98 Å². The van der Waals surface area contributed by atoms with Crippen LogP contribution >= 0.6 is 15.6 Å². The number of aromatic nitrogens is 8. The largest absolute Gasteiger partial charge is 0.472 e. The van der Waals surface area contributed by atoms with Gasteiger partial charge in [-0.05, 0) is 37.8 Å². The van der Waals surface area contributed by atoms with Crippen molar-refractivity contribution in [2.24, 2.45) is 5.11 Å².